The summed E-state index contributed by atoms with van der Waals surface area (Å²) in [5.41, 5.74) is 2.43. The van der Waals surface area contributed by atoms with E-state index in [4.69, 9.17) is 4.74 Å². The molecule has 2 aromatic carbocycles. The van der Waals surface area contributed by atoms with Crippen LogP contribution in [0.15, 0.2) is 53.4 Å². The number of ether oxygens (including phenoxy) is 1. The predicted octanol–water partition coefficient (Wildman–Crippen LogP) is 4.75. The summed E-state index contributed by atoms with van der Waals surface area (Å²) in [5, 5.41) is 3.24. The first-order valence-corrected chi connectivity index (χ1v) is 9.77. The molecule has 0 aromatic heterocycles. The van der Waals surface area contributed by atoms with Crippen molar-refractivity contribution in [3.8, 4) is 5.75 Å². The normalized spacial score (nSPS) is 14.8. The summed E-state index contributed by atoms with van der Waals surface area (Å²) in [6.45, 7) is 2.08. The van der Waals surface area contributed by atoms with E-state index in [2.05, 4.69) is 48.6 Å². The molecule has 1 atom stereocenters. The standard InChI is InChI=1S/C21H25NO2S/c1-15-3-11-19(12-4-15)25-14-13-20(23)22-21(16-5-6-16)17-7-9-18(24-2)10-8-17/h3-4,7-12,16,21H,5-6,13-14H2,1-2H3,(H,22,23). The summed E-state index contributed by atoms with van der Waals surface area (Å²) < 4.78 is 5.22. The largest absolute Gasteiger partial charge is 0.497 e. The monoisotopic (exact) mass is 355 g/mol. The number of methoxy groups -OCH3 is 1. The molecule has 3 nitrogen and oxygen atoms in total. The van der Waals surface area contributed by atoms with E-state index in [1.807, 2.05) is 12.1 Å². The molecule has 25 heavy (non-hydrogen) atoms. The number of hydrogen-bond acceptors (Lipinski definition) is 3. The highest BCUT2D eigenvalue weighted by Crippen LogP contribution is 2.41. The van der Waals surface area contributed by atoms with Gasteiger partial charge in [0.1, 0.15) is 5.75 Å². The predicted molar refractivity (Wildman–Crippen MR) is 103 cm³/mol. The van der Waals surface area contributed by atoms with E-state index < -0.39 is 0 Å². The van der Waals surface area contributed by atoms with Crippen LogP contribution in [-0.2, 0) is 4.79 Å². The highest BCUT2D eigenvalue weighted by Gasteiger charge is 2.33. The van der Waals surface area contributed by atoms with E-state index in [-0.39, 0.29) is 11.9 Å². The molecule has 1 N–H and O–H groups in total. The molecule has 0 radical (unpaired) electrons. The third kappa shape index (κ3) is 5.27. The van der Waals surface area contributed by atoms with Gasteiger partial charge in [0.05, 0.1) is 13.2 Å². The Labute approximate surface area is 154 Å². The molecule has 0 aliphatic heterocycles. The maximum atomic E-state index is 12.4. The molecule has 1 fully saturated rings. The van der Waals surface area contributed by atoms with E-state index in [1.165, 1.54) is 28.9 Å². The van der Waals surface area contributed by atoms with E-state index >= 15 is 0 Å². The van der Waals surface area contributed by atoms with Crippen LogP contribution < -0.4 is 10.1 Å². The third-order valence-electron chi connectivity index (χ3n) is 4.50. The molecule has 0 bridgehead atoms. The van der Waals surface area contributed by atoms with Gasteiger partial charge in [-0.25, -0.2) is 0 Å². The van der Waals surface area contributed by atoms with E-state index in [0.717, 1.165) is 11.5 Å². The molecule has 3 rings (SSSR count). The Morgan fingerprint density at radius 3 is 2.44 bits per heavy atom. The fraction of sp³-hybridized carbons (Fsp3) is 0.381. The van der Waals surface area contributed by atoms with Crippen LogP contribution in [0.2, 0.25) is 0 Å². The minimum Gasteiger partial charge on any atom is -0.497 e. The lowest BCUT2D eigenvalue weighted by atomic mass is 10.0. The number of amides is 1. The SMILES string of the molecule is COc1ccc(C(NC(=O)CCSc2ccc(C)cc2)C2CC2)cc1. The summed E-state index contributed by atoms with van der Waals surface area (Å²) in [6, 6.07) is 16.6. The average Bonchev–Trinajstić information content (AvgIpc) is 3.46. The summed E-state index contributed by atoms with van der Waals surface area (Å²) in [6.07, 6.45) is 2.92. The Morgan fingerprint density at radius 2 is 1.84 bits per heavy atom. The first kappa shape index (κ1) is 17.9. The minimum atomic E-state index is 0.128. The zero-order valence-corrected chi connectivity index (χ0v) is 15.6. The molecule has 0 heterocycles. The van der Waals surface area contributed by atoms with Gasteiger partial charge in [-0.05, 0) is 55.5 Å². The van der Waals surface area contributed by atoms with Crippen LogP contribution in [0.1, 0.15) is 36.4 Å². The molecule has 1 amide bonds. The first-order valence-electron chi connectivity index (χ1n) is 8.78. The van der Waals surface area contributed by atoms with Crippen molar-refractivity contribution in [2.75, 3.05) is 12.9 Å². The summed E-state index contributed by atoms with van der Waals surface area (Å²) in [4.78, 5) is 13.6. The molecular weight excluding hydrogens is 330 g/mol. The van der Waals surface area contributed by atoms with Crippen molar-refractivity contribution >= 4 is 17.7 Å². The Bertz CT molecular complexity index is 693. The van der Waals surface area contributed by atoms with Gasteiger partial charge in [0.2, 0.25) is 5.91 Å². The number of nitrogens with one attached hydrogen (secondary N) is 1. The van der Waals surface area contributed by atoms with Crippen molar-refractivity contribution in [1.82, 2.24) is 5.32 Å². The molecule has 0 saturated heterocycles. The molecule has 0 spiro atoms. The van der Waals surface area contributed by atoms with Gasteiger partial charge in [-0.3, -0.25) is 4.79 Å². The molecule has 2 aromatic rings. The van der Waals surface area contributed by atoms with E-state index in [0.29, 0.717) is 12.3 Å². The fourth-order valence-electron chi connectivity index (χ4n) is 2.86. The number of carbonyl (C=O) groups excluding carboxylic acids is 1. The van der Waals surface area contributed by atoms with Gasteiger partial charge >= 0.3 is 0 Å². The van der Waals surface area contributed by atoms with Crippen LogP contribution >= 0.6 is 11.8 Å². The second kappa shape index (κ2) is 8.43. The van der Waals surface area contributed by atoms with Crippen molar-refractivity contribution in [2.24, 2.45) is 5.92 Å². The first-order chi connectivity index (χ1) is 12.2. The van der Waals surface area contributed by atoms with Crippen LogP contribution in [-0.4, -0.2) is 18.8 Å². The number of benzene rings is 2. The van der Waals surface area contributed by atoms with Crippen LogP contribution in [0.4, 0.5) is 0 Å². The Kier molecular flexibility index (Phi) is 6.03. The number of rotatable bonds is 8. The minimum absolute atomic E-state index is 0.128. The summed E-state index contributed by atoms with van der Waals surface area (Å²) in [5.74, 6) is 2.35. The van der Waals surface area contributed by atoms with Gasteiger partial charge in [-0.15, -0.1) is 11.8 Å². The van der Waals surface area contributed by atoms with Crippen LogP contribution in [0.25, 0.3) is 0 Å². The van der Waals surface area contributed by atoms with E-state index in [9.17, 15) is 4.79 Å². The lowest BCUT2D eigenvalue weighted by molar-refractivity contribution is -0.121. The van der Waals surface area contributed by atoms with Crippen molar-refractivity contribution in [3.05, 3.63) is 59.7 Å². The molecule has 1 aliphatic carbocycles. The lowest BCUT2D eigenvalue weighted by Gasteiger charge is -2.19. The number of carbonyl (C=O) groups is 1. The fourth-order valence-corrected chi connectivity index (χ4v) is 3.71. The van der Waals surface area contributed by atoms with Gasteiger partial charge in [-0.1, -0.05) is 29.8 Å². The molecule has 132 valence electrons. The van der Waals surface area contributed by atoms with Crippen molar-refractivity contribution in [2.45, 2.75) is 37.1 Å². The summed E-state index contributed by atoms with van der Waals surface area (Å²) in [7, 11) is 1.67. The maximum absolute atomic E-state index is 12.4. The second-order valence-electron chi connectivity index (χ2n) is 6.57. The summed E-state index contributed by atoms with van der Waals surface area (Å²) >= 11 is 1.73. The van der Waals surface area contributed by atoms with Gasteiger partial charge in [0.15, 0.2) is 0 Å². The van der Waals surface area contributed by atoms with Crippen LogP contribution in [0, 0.1) is 12.8 Å². The molecule has 4 heteroatoms. The number of hydrogen-bond donors (Lipinski definition) is 1. The smallest absolute Gasteiger partial charge is 0.221 e. The number of thioether (sulfide) groups is 1. The lowest BCUT2D eigenvalue weighted by Crippen LogP contribution is -2.30. The van der Waals surface area contributed by atoms with Gasteiger partial charge < -0.3 is 10.1 Å². The van der Waals surface area contributed by atoms with Crippen LogP contribution in [0.3, 0.4) is 0 Å². The van der Waals surface area contributed by atoms with Gasteiger partial charge in [-0.2, -0.15) is 0 Å². The topological polar surface area (TPSA) is 38.3 Å². The van der Waals surface area contributed by atoms with Crippen molar-refractivity contribution < 1.29 is 9.53 Å². The third-order valence-corrected chi connectivity index (χ3v) is 5.52. The van der Waals surface area contributed by atoms with Crippen molar-refractivity contribution in [1.29, 1.82) is 0 Å². The zero-order valence-electron chi connectivity index (χ0n) is 14.8. The average molecular weight is 356 g/mol. The Morgan fingerprint density at radius 1 is 1.16 bits per heavy atom. The highest BCUT2D eigenvalue weighted by molar-refractivity contribution is 7.99. The zero-order chi connectivity index (χ0) is 17.6. The Hall–Kier alpha value is -1.94. The molecule has 1 aliphatic rings. The van der Waals surface area contributed by atoms with Gasteiger partial charge in [0, 0.05) is 17.1 Å². The molecular formula is C21H25NO2S. The van der Waals surface area contributed by atoms with Crippen LogP contribution in [0.5, 0.6) is 5.75 Å². The second-order valence-corrected chi connectivity index (χ2v) is 7.74. The van der Waals surface area contributed by atoms with E-state index in [1.54, 1.807) is 18.9 Å². The quantitative estimate of drug-likeness (QED) is 0.694. The molecule has 1 unspecified atom stereocenters. The highest BCUT2D eigenvalue weighted by atomic mass is 32.2. The van der Waals surface area contributed by atoms with Crippen molar-refractivity contribution in [3.63, 3.8) is 0 Å². The maximum Gasteiger partial charge on any atom is 0.221 e. The Balaban J connectivity index is 1.51. The van der Waals surface area contributed by atoms with Gasteiger partial charge in [0.25, 0.3) is 0 Å². The molecule has 1 saturated carbocycles. The number of aryl methyl sites for hydroxylation is 1.